The number of carbonyl (C=O) groups excluding carboxylic acids is 1. The zero-order valence-corrected chi connectivity index (χ0v) is 19.0. The fourth-order valence-electron chi connectivity index (χ4n) is 3.89. The van der Waals surface area contributed by atoms with Crippen LogP contribution < -0.4 is 4.74 Å². The zero-order valence-electron chi connectivity index (χ0n) is 19.0. The van der Waals surface area contributed by atoms with E-state index in [2.05, 4.69) is 15.2 Å². The monoisotopic (exact) mass is 466 g/mol. The van der Waals surface area contributed by atoms with Gasteiger partial charge in [0.1, 0.15) is 17.4 Å². The number of nitrogens with one attached hydrogen (secondary N) is 1. The smallest absolute Gasteiger partial charge is 0.254 e. The summed E-state index contributed by atoms with van der Waals surface area (Å²) in [5.74, 6) is -1.31. The van der Waals surface area contributed by atoms with Crippen LogP contribution >= 0.6 is 0 Å². The van der Waals surface area contributed by atoms with E-state index in [1.165, 1.54) is 17.0 Å². The lowest BCUT2D eigenvalue weighted by Crippen LogP contribution is -2.26. The van der Waals surface area contributed by atoms with Crippen molar-refractivity contribution in [1.82, 2.24) is 20.1 Å². The molecule has 0 aliphatic rings. The minimum atomic E-state index is -0.754. The molecule has 0 fully saturated rings. The van der Waals surface area contributed by atoms with Crippen LogP contribution in [0.15, 0.2) is 48.8 Å². The summed E-state index contributed by atoms with van der Waals surface area (Å²) >= 11 is 0. The number of benzene rings is 2. The van der Waals surface area contributed by atoms with Gasteiger partial charge in [-0.25, -0.2) is 8.78 Å². The maximum atomic E-state index is 13.7. The highest BCUT2D eigenvalue weighted by atomic mass is 19.1. The summed E-state index contributed by atoms with van der Waals surface area (Å²) < 4.78 is 33.2. The van der Waals surface area contributed by atoms with Gasteiger partial charge < -0.3 is 14.7 Å². The van der Waals surface area contributed by atoms with E-state index in [9.17, 15) is 18.7 Å². The topological polar surface area (TPSA) is 91.3 Å². The third-order valence-electron chi connectivity index (χ3n) is 5.45. The summed E-state index contributed by atoms with van der Waals surface area (Å²) in [6.45, 7) is 3.97. The Hall–Kier alpha value is -3.85. The Balaban J connectivity index is 1.63. The number of H-pyrrole nitrogens is 1. The van der Waals surface area contributed by atoms with Gasteiger partial charge in [0, 0.05) is 47.9 Å². The Labute approximate surface area is 195 Å². The second kappa shape index (κ2) is 9.56. The van der Waals surface area contributed by atoms with Crippen molar-refractivity contribution >= 4 is 16.8 Å². The first-order valence-electron chi connectivity index (χ1n) is 10.8. The summed E-state index contributed by atoms with van der Waals surface area (Å²) in [7, 11) is 1.66. The molecule has 1 amide bonds. The number of carbonyl (C=O) groups is 1. The van der Waals surface area contributed by atoms with Crippen LogP contribution in [0, 0.1) is 11.6 Å². The van der Waals surface area contributed by atoms with E-state index < -0.39 is 17.7 Å². The van der Waals surface area contributed by atoms with Crippen molar-refractivity contribution in [2.45, 2.75) is 26.5 Å². The Kier molecular flexibility index (Phi) is 6.56. The summed E-state index contributed by atoms with van der Waals surface area (Å²) in [5, 5.41) is 17.6. The van der Waals surface area contributed by atoms with Gasteiger partial charge in [-0.05, 0) is 49.7 Å². The number of hydrogen-bond acceptors (Lipinski definition) is 5. The van der Waals surface area contributed by atoms with E-state index >= 15 is 0 Å². The molecule has 4 aromatic rings. The molecule has 2 aromatic carbocycles. The number of nitrogens with zero attached hydrogens (tertiary/aromatic N) is 3. The molecule has 4 rings (SSSR count). The fraction of sp³-hybridized carbons (Fsp3) is 0.240. The van der Waals surface area contributed by atoms with Crippen LogP contribution in [0.1, 0.15) is 41.6 Å². The third kappa shape index (κ3) is 4.60. The molecule has 34 heavy (non-hydrogen) atoms. The van der Waals surface area contributed by atoms with E-state index in [1.54, 1.807) is 51.5 Å². The highest BCUT2D eigenvalue weighted by molar-refractivity contribution is 5.96. The van der Waals surface area contributed by atoms with Crippen molar-refractivity contribution in [3.05, 3.63) is 77.2 Å². The van der Waals surface area contributed by atoms with Crippen LogP contribution in [0.2, 0.25) is 0 Å². The summed E-state index contributed by atoms with van der Waals surface area (Å²) in [6.07, 6.45) is 2.45. The van der Waals surface area contributed by atoms with Crippen LogP contribution in [0.4, 0.5) is 8.78 Å². The minimum absolute atomic E-state index is 0.242. The number of pyridine rings is 1. The van der Waals surface area contributed by atoms with Crippen molar-refractivity contribution in [1.29, 1.82) is 0 Å². The van der Waals surface area contributed by atoms with Gasteiger partial charge in [-0.15, -0.1) is 0 Å². The van der Waals surface area contributed by atoms with Crippen LogP contribution in [-0.4, -0.2) is 44.7 Å². The van der Waals surface area contributed by atoms with Crippen molar-refractivity contribution in [2.75, 3.05) is 13.7 Å². The predicted molar refractivity (Wildman–Crippen MR) is 123 cm³/mol. The summed E-state index contributed by atoms with van der Waals surface area (Å²) in [6, 6.07) is 8.02. The van der Waals surface area contributed by atoms with E-state index in [0.717, 1.165) is 11.6 Å². The average molecular weight is 466 g/mol. The van der Waals surface area contributed by atoms with E-state index in [4.69, 9.17) is 4.74 Å². The normalized spacial score (nSPS) is 12.1. The van der Waals surface area contributed by atoms with Crippen LogP contribution in [0.3, 0.4) is 0 Å². The molecule has 2 aromatic heterocycles. The van der Waals surface area contributed by atoms with Crippen molar-refractivity contribution in [2.24, 2.45) is 0 Å². The van der Waals surface area contributed by atoms with E-state index in [0.29, 0.717) is 45.6 Å². The number of aromatic nitrogens is 3. The third-order valence-corrected chi connectivity index (χ3v) is 5.45. The molecule has 0 saturated heterocycles. The predicted octanol–water partition coefficient (Wildman–Crippen LogP) is 4.63. The van der Waals surface area contributed by atoms with Gasteiger partial charge in [-0.2, -0.15) is 5.10 Å². The lowest BCUT2D eigenvalue weighted by molar-refractivity contribution is 0.0785. The molecule has 0 spiro atoms. The highest BCUT2D eigenvalue weighted by Gasteiger charge is 2.19. The maximum absolute atomic E-state index is 13.7. The van der Waals surface area contributed by atoms with Crippen molar-refractivity contribution < 1.29 is 23.4 Å². The van der Waals surface area contributed by atoms with Crippen LogP contribution in [0.5, 0.6) is 5.75 Å². The number of rotatable bonds is 7. The first kappa shape index (κ1) is 23.3. The van der Waals surface area contributed by atoms with Crippen molar-refractivity contribution in [3.63, 3.8) is 0 Å². The Morgan fingerprint density at radius 2 is 1.91 bits per heavy atom. The SMILES string of the molecule is CCOc1cc(C(=O)N(C)Cc2cnc(C(C)O)c3cn[nH]c23)ccc1-c1cc(F)cc(F)c1. The number of amides is 1. The summed E-state index contributed by atoms with van der Waals surface area (Å²) in [4.78, 5) is 19.0. The molecule has 2 heterocycles. The second-order valence-electron chi connectivity index (χ2n) is 7.97. The summed E-state index contributed by atoms with van der Waals surface area (Å²) in [5.41, 5.74) is 3.11. The lowest BCUT2D eigenvalue weighted by atomic mass is 10.0. The molecule has 0 radical (unpaired) electrons. The zero-order chi connectivity index (χ0) is 24.4. The molecule has 1 unspecified atom stereocenters. The Bertz CT molecular complexity index is 1330. The highest BCUT2D eigenvalue weighted by Crippen LogP contribution is 2.33. The number of fused-ring (bicyclic) bond motifs is 1. The lowest BCUT2D eigenvalue weighted by Gasteiger charge is -2.19. The largest absolute Gasteiger partial charge is 0.493 e. The molecule has 0 aliphatic carbocycles. The number of aliphatic hydroxyl groups excluding tert-OH is 1. The Morgan fingerprint density at radius 1 is 1.18 bits per heavy atom. The average Bonchev–Trinajstić information content (AvgIpc) is 3.28. The number of halogens is 2. The minimum Gasteiger partial charge on any atom is -0.493 e. The maximum Gasteiger partial charge on any atom is 0.254 e. The molecule has 0 aliphatic heterocycles. The molecule has 0 saturated carbocycles. The van der Waals surface area contributed by atoms with Gasteiger partial charge in [0.15, 0.2) is 0 Å². The van der Waals surface area contributed by atoms with Gasteiger partial charge in [-0.3, -0.25) is 14.9 Å². The molecular formula is C25H24F2N4O3. The number of aliphatic hydroxyl groups is 1. The van der Waals surface area contributed by atoms with Gasteiger partial charge in [0.25, 0.3) is 5.91 Å². The first-order valence-corrected chi connectivity index (χ1v) is 10.8. The van der Waals surface area contributed by atoms with E-state index in [-0.39, 0.29) is 12.5 Å². The van der Waals surface area contributed by atoms with E-state index in [1.807, 2.05) is 0 Å². The van der Waals surface area contributed by atoms with Gasteiger partial charge >= 0.3 is 0 Å². The quantitative estimate of drug-likeness (QED) is 0.415. The van der Waals surface area contributed by atoms with Crippen molar-refractivity contribution in [3.8, 4) is 16.9 Å². The second-order valence-corrected chi connectivity index (χ2v) is 7.97. The van der Waals surface area contributed by atoms with Gasteiger partial charge in [-0.1, -0.05) is 0 Å². The molecule has 9 heteroatoms. The van der Waals surface area contributed by atoms with Gasteiger partial charge in [0.2, 0.25) is 0 Å². The van der Waals surface area contributed by atoms with Crippen LogP contribution in [-0.2, 0) is 6.54 Å². The number of ether oxygens (including phenoxy) is 1. The molecular weight excluding hydrogens is 442 g/mol. The van der Waals surface area contributed by atoms with Crippen LogP contribution in [0.25, 0.3) is 22.0 Å². The molecule has 7 nitrogen and oxygen atoms in total. The van der Waals surface area contributed by atoms with Gasteiger partial charge in [0.05, 0.1) is 30.1 Å². The molecule has 1 atom stereocenters. The Morgan fingerprint density at radius 3 is 2.59 bits per heavy atom. The number of hydrogen-bond donors (Lipinski definition) is 2. The molecule has 176 valence electrons. The standard InChI is InChI=1S/C25H24F2N4O3/c1-4-34-22-9-15(5-6-20(22)16-7-18(26)10-19(27)8-16)25(33)31(3)13-17-11-28-23(14(2)32)21-12-29-30-24(17)21/h5-12,14,32H,4,13H2,1-3H3,(H,29,30). The molecule has 2 N–H and O–H groups in total. The number of aromatic amines is 1. The molecule has 0 bridgehead atoms. The first-order chi connectivity index (χ1) is 16.3. The fourth-order valence-corrected chi connectivity index (χ4v) is 3.89.